The second kappa shape index (κ2) is 9.02. The largest absolute Gasteiger partial charge is 0.352 e. The molecule has 0 atom stereocenters. The maximum Gasteiger partial charge on any atom is 0.288 e. The lowest BCUT2D eigenvalue weighted by Crippen LogP contribution is -2.27. The van der Waals surface area contributed by atoms with Crippen molar-refractivity contribution >= 4 is 29.3 Å². The summed E-state index contributed by atoms with van der Waals surface area (Å²) in [7, 11) is 0. The molecule has 24 heavy (non-hydrogen) atoms. The van der Waals surface area contributed by atoms with Crippen LogP contribution in [0.1, 0.15) is 16.8 Å². The van der Waals surface area contributed by atoms with E-state index in [1.54, 1.807) is 48.5 Å². The summed E-state index contributed by atoms with van der Waals surface area (Å²) in [4.78, 5) is 24.0. The van der Waals surface area contributed by atoms with Gasteiger partial charge in [0.1, 0.15) is 0 Å². The third-order valence-corrected chi connectivity index (χ3v) is 3.84. The van der Waals surface area contributed by atoms with Gasteiger partial charge in [0, 0.05) is 23.4 Å². The number of benzene rings is 2. The Morgan fingerprint density at radius 2 is 1.67 bits per heavy atom. The molecule has 0 bridgehead atoms. The molecule has 2 N–H and O–H groups in total. The minimum absolute atomic E-state index is 0.0479. The Labute approximate surface area is 142 Å². The zero-order valence-corrected chi connectivity index (χ0v) is 13.5. The summed E-state index contributed by atoms with van der Waals surface area (Å²) >= 11 is 0.375. The zero-order valence-electron chi connectivity index (χ0n) is 12.7. The molecule has 0 heterocycles. The molecule has 2 rings (SSSR count). The standard InChI is InChI=1S/C17H16F2N2O2S/c18-17(19)24-14-9-5-4-8-13(14)21-15(22)10-11-20-16(23)12-6-2-1-3-7-12/h1-9,17H,10-11H2,(H,20,23)(H,21,22). The van der Waals surface area contributed by atoms with Crippen LogP contribution in [0.15, 0.2) is 59.5 Å². The number of para-hydroxylation sites is 1. The summed E-state index contributed by atoms with van der Waals surface area (Å²) in [6.07, 6.45) is 0.0479. The number of carbonyl (C=O) groups excluding carboxylic acids is 2. The maximum absolute atomic E-state index is 12.5. The van der Waals surface area contributed by atoms with Gasteiger partial charge in [0.2, 0.25) is 5.91 Å². The Kier molecular flexibility index (Phi) is 6.74. The average Bonchev–Trinajstić information content (AvgIpc) is 2.57. The quantitative estimate of drug-likeness (QED) is 0.748. The van der Waals surface area contributed by atoms with Crippen LogP contribution in [0.5, 0.6) is 0 Å². The highest BCUT2D eigenvalue weighted by molar-refractivity contribution is 7.99. The molecule has 4 nitrogen and oxygen atoms in total. The first kappa shape index (κ1) is 17.9. The van der Waals surface area contributed by atoms with E-state index < -0.39 is 5.76 Å². The van der Waals surface area contributed by atoms with Crippen LogP contribution in [0.25, 0.3) is 0 Å². The van der Waals surface area contributed by atoms with Crippen molar-refractivity contribution in [3.05, 3.63) is 60.2 Å². The van der Waals surface area contributed by atoms with Crippen molar-refractivity contribution in [2.24, 2.45) is 0 Å². The van der Waals surface area contributed by atoms with E-state index in [2.05, 4.69) is 10.6 Å². The highest BCUT2D eigenvalue weighted by Gasteiger charge is 2.12. The summed E-state index contributed by atoms with van der Waals surface area (Å²) in [6.45, 7) is 0.156. The molecule has 0 aromatic heterocycles. The van der Waals surface area contributed by atoms with E-state index in [-0.39, 0.29) is 24.8 Å². The number of hydrogen-bond donors (Lipinski definition) is 2. The van der Waals surface area contributed by atoms with E-state index in [0.717, 1.165) is 0 Å². The van der Waals surface area contributed by atoms with E-state index >= 15 is 0 Å². The van der Waals surface area contributed by atoms with E-state index in [4.69, 9.17) is 0 Å². The van der Waals surface area contributed by atoms with Gasteiger partial charge in [-0.2, -0.15) is 8.78 Å². The molecular formula is C17H16F2N2O2S. The van der Waals surface area contributed by atoms with Gasteiger partial charge in [0.25, 0.3) is 11.7 Å². The third-order valence-electron chi connectivity index (χ3n) is 3.05. The van der Waals surface area contributed by atoms with E-state index in [1.165, 1.54) is 6.07 Å². The predicted octanol–water partition coefficient (Wildman–Crippen LogP) is 3.76. The van der Waals surface area contributed by atoms with Gasteiger partial charge in [0.15, 0.2) is 0 Å². The first-order valence-corrected chi connectivity index (χ1v) is 8.11. The lowest BCUT2D eigenvalue weighted by atomic mass is 10.2. The van der Waals surface area contributed by atoms with E-state index in [9.17, 15) is 18.4 Å². The fraction of sp³-hybridized carbons (Fsp3) is 0.176. The molecule has 2 aromatic carbocycles. The molecule has 2 aromatic rings. The number of nitrogens with one attached hydrogen (secondary N) is 2. The molecule has 7 heteroatoms. The summed E-state index contributed by atoms with van der Waals surface area (Å²) < 4.78 is 25.0. The van der Waals surface area contributed by atoms with Crippen molar-refractivity contribution < 1.29 is 18.4 Å². The highest BCUT2D eigenvalue weighted by atomic mass is 32.2. The molecule has 2 amide bonds. The van der Waals surface area contributed by atoms with Crippen molar-refractivity contribution in [3.8, 4) is 0 Å². The van der Waals surface area contributed by atoms with Gasteiger partial charge in [-0.3, -0.25) is 9.59 Å². The van der Waals surface area contributed by atoms with Crippen molar-refractivity contribution in [2.45, 2.75) is 17.1 Å². The number of anilines is 1. The van der Waals surface area contributed by atoms with Crippen molar-refractivity contribution in [1.29, 1.82) is 0 Å². The fourth-order valence-electron chi connectivity index (χ4n) is 1.96. The minimum atomic E-state index is -2.56. The van der Waals surface area contributed by atoms with Crippen LogP contribution in [0.3, 0.4) is 0 Å². The van der Waals surface area contributed by atoms with Crippen molar-refractivity contribution in [1.82, 2.24) is 5.32 Å². The molecule has 0 radical (unpaired) electrons. The van der Waals surface area contributed by atoms with Gasteiger partial charge in [-0.25, -0.2) is 0 Å². The first-order valence-electron chi connectivity index (χ1n) is 7.23. The zero-order chi connectivity index (χ0) is 17.4. The van der Waals surface area contributed by atoms with Crippen LogP contribution >= 0.6 is 11.8 Å². The average molecular weight is 350 g/mol. The van der Waals surface area contributed by atoms with Gasteiger partial charge in [0.05, 0.1) is 5.69 Å². The van der Waals surface area contributed by atoms with E-state index in [1.807, 2.05) is 0 Å². The Balaban J connectivity index is 1.83. The molecule has 0 saturated heterocycles. The number of thioether (sulfide) groups is 1. The number of halogens is 2. The monoisotopic (exact) mass is 350 g/mol. The summed E-state index contributed by atoms with van der Waals surface area (Å²) in [6, 6.07) is 15.0. The maximum atomic E-state index is 12.5. The lowest BCUT2D eigenvalue weighted by molar-refractivity contribution is -0.116. The molecule has 0 fully saturated rings. The molecule has 0 spiro atoms. The van der Waals surface area contributed by atoms with Crippen molar-refractivity contribution in [2.75, 3.05) is 11.9 Å². The van der Waals surface area contributed by atoms with Crippen LogP contribution in [-0.2, 0) is 4.79 Å². The van der Waals surface area contributed by atoms with Crippen molar-refractivity contribution in [3.63, 3.8) is 0 Å². The topological polar surface area (TPSA) is 58.2 Å². The number of rotatable bonds is 7. The van der Waals surface area contributed by atoms with Crippen LogP contribution in [-0.4, -0.2) is 24.1 Å². The fourth-order valence-corrected chi connectivity index (χ4v) is 2.56. The SMILES string of the molecule is O=C(CCNC(=O)c1ccccc1)Nc1ccccc1SC(F)F. The molecule has 0 aliphatic carbocycles. The summed E-state index contributed by atoms with van der Waals surface area (Å²) in [5, 5.41) is 5.22. The first-order chi connectivity index (χ1) is 11.6. The molecule has 0 saturated carbocycles. The summed E-state index contributed by atoms with van der Waals surface area (Å²) in [5.41, 5.74) is 0.846. The van der Waals surface area contributed by atoms with Crippen LogP contribution in [0.4, 0.5) is 14.5 Å². The minimum Gasteiger partial charge on any atom is -0.352 e. The van der Waals surface area contributed by atoms with Gasteiger partial charge < -0.3 is 10.6 Å². The van der Waals surface area contributed by atoms with Crippen LogP contribution in [0.2, 0.25) is 0 Å². The Morgan fingerprint density at radius 3 is 2.38 bits per heavy atom. The van der Waals surface area contributed by atoms with Crippen LogP contribution < -0.4 is 10.6 Å². The van der Waals surface area contributed by atoms with Gasteiger partial charge >= 0.3 is 0 Å². The van der Waals surface area contributed by atoms with Gasteiger partial charge in [-0.05, 0) is 24.3 Å². The summed E-state index contributed by atoms with van der Waals surface area (Å²) in [5.74, 6) is -3.18. The molecule has 0 unspecified atom stereocenters. The third kappa shape index (κ3) is 5.66. The smallest absolute Gasteiger partial charge is 0.288 e. The molecule has 0 aliphatic heterocycles. The Bertz CT molecular complexity index is 696. The number of amides is 2. The Morgan fingerprint density at radius 1 is 1.00 bits per heavy atom. The second-order valence-electron chi connectivity index (χ2n) is 4.79. The van der Waals surface area contributed by atoms with Gasteiger partial charge in [-0.1, -0.05) is 42.1 Å². The number of carbonyl (C=O) groups is 2. The van der Waals surface area contributed by atoms with Crippen LogP contribution in [0, 0.1) is 0 Å². The van der Waals surface area contributed by atoms with Gasteiger partial charge in [-0.15, -0.1) is 0 Å². The molecule has 126 valence electrons. The molecule has 0 aliphatic rings. The Hall–Kier alpha value is -2.41. The molecular weight excluding hydrogens is 334 g/mol. The highest BCUT2D eigenvalue weighted by Crippen LogP contribution is 2.31. The number of hydrogen-bond acceptors (Lipinski definition) is 3. The lowest BCUT2D eigenvalue weighted by Gasteiger charge is -2.10. The number of alkyl halides is 2. The second-order valence-corrected chi connectivity index (χ2v) is 5.83. The van der Waals surface area contributed by atoms with E-state index in [0.29, 0.717) is 27.9 Å². The predicted molar refractivity (Wildman–Crippen MR) is 90.3 cm³/mol. The normalized spacial score (nSPS) is 10.5.